The van der Waals surface area contributed by atoms with Crippen LogP contribution in [0, 0.1) is 6.92 Å². The minimum absolute atomic E-state index is 0. The van der Waals surface area contributed by atoms with Gasteiger partial charge in [-0.1, -0.05) is 0 Å². The van der Waals surface area contributed by atoms with E-state index in [0.29, 0.717) is 0 Å². The molecular weight excluding hydrogens is 216 g/mol. The minimum Gasteiger partial charge on any atom is -1.00 e. The van der Waals surface area contributed by atoms with Gasteiger partial charge >= 0.3 is 23.1 Å². The van der Waals surface area contributed by atoms with Gasteiger partial charge in [0.2, 0.25) is 0 Å². The fourth-order valence-corrected chi connectivity index (χ4v) is 0.672. The average Bonchev–Trinajstić information content (AvgIpc) is 1.88. The van der Waals surface area contributed by atoms with Crippen LogP contribution in [0.2, 0.25) is 0 Å². The monoisotopic (exact) mass is 224 g/mol. The van der Waals surface area contributed by atoms with E-state index >= 15 is 0 Å². The summed E-state index contributed by atoms with van der Waals surface area (Å²) in [5.74, 6) is 0.863. The van der Waals surface area contributed by atoms with Crippen molar-refractivity contribution >= 4 is 23.1 Å². The Morgan fingerprint density at radius 3 is 2.36 bits per heavy atom. The molecule has 3 heteroatoms. The molecule has 11 heavy (non-hydrogen) atoms. The first-order valence-electron chi connectivity index (χ1n) is 2.79. The first-order valence-corrected chi connectivity index (χ1v) is 2.79. The van der Waals surface area contributed by atoms with Crippen molar-refractivity contribution in [1.29, 1.82) is 0 Å². The Morgan fingerprint density at radius 2 is 2.00 bits per heavy atom. The van der Waals surface area contributed by atoms with Crippen LogP contribution in [0.25, 0.3) is 0 Å². The molecule has 0 spiro atoms. The van der Waals surface area contributed by atoms with E-state index in [1.165, 1.54) is 0 Å². The van der Waals surface area contributed by atoms with Gasteiger partial charge in [0.05, 0.1) is 12.9 Å². The molecule has 0 unspecified atom stereocenters. The summed E-state index contributed by atoms with van der Waals surface area (Å²) in [5, 5.41) is 0. The van der Waals surface area contributed by atoms with Gasteiger partial charge in [-0.2, -0.15) is 18.6 Å². The van der Waals surface area contributed by atoms with E-state index in [1.807, 2.05) is 24.3 Å². The Kier molecular flexibility index (Phi) is 8.50. The van der Waals surface area contributed by atoms with Crippen LogP contribution in [0.15, 0.2) is 24.3 Å². The van der Waals surface area contributed by atoms with Crippen LogP contribution in [0.1, 0.15) is 5.56 Å². The van der Waals surface area contributed by atoms with E-state index in [1.54, 1.807) is 7.11 Å². The predicted molar refractivity (Wildman–Crippen MR) is 43.2 cm³/mol. The number of rotatable bonds is 1. The Balaban J connectivity index is 0. The molecule has 0 bridgehead atoms. The molecule has 56 valence electrons. The van der Waals surface area contributed by atoms with Crippen LogP contribution in [-0.2, 0) is 0 Å². The maximum Gasteiger partial charge on any atom is 2.00 e. The molecule has 1 aromatic rings. The maximum atomic E-state index is 4.96. The number of methoxy groups -OCH3 is 1. The van der Waals surface area contributed by atoms with Crippen molar-refractivity contribution in [3.8, 4) is 5.75 Å². The number of ether oxygens (including phenoxy) is 1. The number of benzene rings is 1. The average molecular weight is 225 g/mol. The molecule has 0 aliphatic carbocycles. The predicted octanol–water partition coefficient (Wildman–Crippen LogP) is -1.50. The largest absolute Gasteiger partial charge is 2.00 e. The summed E-state index contributed by atoms with van der Waals surface area (Å²) in [6, 6.07) is 7.64. The maximum absolute atomic E-state index is 4.96. The smallest absolute Gasteiger partial charge is 1.00 e. The van der Waals surface area contributed by atoms with Crippen molar-refractivity contribution in [3.05, 3.63) is 36.8 Å². The second-order valence-electron chi connectivity index (χ2n) is 1.85. The summed E-state index contributed by atoms with van der Waals surface area (Å²) in [4.78, 5) is 0. The standard InChI is InChI=1S/C8H9O.BrH.Mg/c1-7-4-3-5-8(6-7)9-2;;/h3-6H,1H2,2H3;1H;/q-1;;+2/p-1. The van der Waals surface area contributed by atoms with E-state index in [-0.39, 0.29) is 40.0 Å². The molecule has 0 heterocycles. The zero-order valence-electron chi connectivity index (χ0n) is 6.51. The zero-order chi connectivity index (χ0) is 6.69. The molecule has 0 N–H and O–H groups in total. The third-order valence-corrected chi connectivity index (χ3v) is 1.13. The first-order chi connectivity index (χ1) is 4.33. The molecule has 0 amide bonds. The molecule has 0 atom stereocenters. The van der Waals surface area contributed by atoms with Gasteiger partial charge in [-0.15, -0.1) is 12.1 Å². The van der Waals surface area contributed by atoms with Crippen molar-refractivity contribution in [1.82, 2.24) is 0 Å². The molecule has 1 aromatic carbocycles. The molecule has 1 rings (SSSR count). The Labute approximate surface area is 94.1 Å². The Morgan fingerprint density at radius 1 is 1.36 bits per heavy atom. The third-order valence-electron chi connectivity index (χ3n) is 1.13. The van der Waals surface area contributed by atoms with Crippen molar-refractivity contribution in [2.24, 2.45) is 0 Å². The number of hydrogen-bond acceptors (Lipinski definition) is 1. The normalized spacial score (nSPS) is 7.36. The summed E-state index contributed by atoms with van der Waals surface area (Å²) in [6.07, 6.45) is 0. The van der Waals surface area contributed by atoms with E-state index in [4.69, 9.17) is 4.74 Å². The minimum atomic E-state index is 0. The summed E-state index contributed by atoms with van der Waals surface area (Å²) < 4.78 is 4.96. The van der Waals surface area contributed by atoms with Crippen LogP contribution in [0.4, 0.5) is 0 Å². The van der Waals surface area contributed by atoms with Crippen molar-refractivity contribution in [3.63, 3.8) is 0 Å². The fourth-order valence-electron chi connectivity index (χ4n) is 0.672. The van der Waals surface area contributed by atoms with Gasteiger partial charge in [-0.3, -0.25) is 0 Å². The van der Waals surface area contributed by atoms with Crippen molar-refractivity contribution in [2.45, 2.75) is 0 Å². The van der Waals surface area contributed by atoms with Gasteiger partial charge in [0.25, 0.3) is 0 Å². The van der Waals surface area contributed by atoms with E-state index in [9.17, 15) is 0 Å². The first kappa shape index (κ1) is 13.7. The third kappa shape index (κ3) is 4.56. The molecular formula is C8H9BrMgO. The van der Waals surface area contributed by atoms with Crippen LogP contribution in [0.5, 0.6) is 5.75 Å². The zero-order valence-corrected chi connectivity index (χ0v) is 9.51. The second-order valence-corrected chi connectivity index (χ2v) is 1.85. The summed E-state index contributed by atoms with van der Waals surface area (Å²) in [7, 11) is 1.65. The van der Waals surface area contributed by atoms with E-state index in [0.717, 1.165) is 11.3 Å². The summed E-state index contributed by atoms with van der Waals surface area (Å²) >= 11 is 0. The van der Waals surface area contributed by atoms with Gasteiger partial charge in [0, 0.05) is 0 Å². The van der Waals surface area contributed by atoms with Crippen molar-refractivity contribution < 1.29 is 21.7 Å². The Hall–Kier alpha value is 0.136. The van der Waals surface area contributed by atoms with E-state index in [2.05, 4.69) is 6.92 Å². The molecule has 0 saturated heterocycles. The van der Waals surface area contributed by atoms with Crippen LogP contribution in [0.3, 0.4) is 0 Å². The van der Waals surface area contributed by atoms with Gasteiger partial charge < -0.3 is 21.7 Å². The van der Waals surface area contributed by atoms with Crippen molar-refractivity contribution in [2.75, 3.05) is 7.11 Å². The number of halogens is 1. The quantitative estimate of drug-likeness (QED) is 0.418. The molecule has 0 aliphatic rings. The molecule has 0 aliphatic heterocycles. The molecule has 0 fully saturated rings. The van der Waals surface area contributed by atoms with Gasteiger partial charge in [-0.05, 0) is 6.07 Å². The SMILES string of the molecule is [Br-].[CH2-]c1cccc(OC)c1.[Mg+2]. The van der Waals surface area contributed by atoms with Gasteiger partial charge in [-0.25, -0.2) is 0 Å². The van der Waals surface area contributed by atoms with Gasteiger partial charge in [0.1, 0.15) is 0 Å². The second kappa shape index (κ2) is 6.82. The summed E-state index contributed by atoms with van der Waals surface area (Å²) in [5.41, 5.74) is 0.981. The Bertz CT molecular complexity index is 203. The van der Waals surface area contributed by atoms with E-state index < -0.39 is 0 Å². The van der Waals surface area contributed by atoms with Crippen LogP contribution < -0.4 is 21.7 Å². The molecule has 0 aromatic heterocycles. The number of hydrogen-bond donors (Lipinski definition) is 0. The van der Waals surface area contributed by atoms with Crippen LogP contribution >= 0.6 is 0 Å². The van der Waals surface area contributed by atoms with Crippen LogP contribution in [-0.4, -0.2) is 30.2 Å². The van der Waals surface area contributed by atoms with Gasteiger partial charge in [0.15, 0.2) is 0 Å². The fraction of sp³-hybridized carbons (Fsp3) is 0.125. The molecule has 0 radical (unpaired) electrons. The summed E-state index contributed by atoms with van der Waals surface area (Å²) in [6.45, 7) is 3.75. The molecule has 0 saturated carbocycles. The molecule has 1 nitrogen and oxygen atoms in total. The topological polar surface area (TPSA) is 9.23 Å².